The van der Waals surface area contributed by atoms with Crippen LogP contribution in [0.5, 0.6) is 0 Å². The van der Waals surface area contributed by atoms with Crippen LogP contribution >= 0.6 is 12.4 Å². The van der Waals surface area contributed by atoms with Crippen molar-refractivity contribution >= 4 is 18.2 Å². The summed E-state index contributed by atoms with van der Waals surface area (Å²) in [4.78, 5) is 0. The van der Waals surface area contributed by atoms with E-state index in [1.807, 2.05) is 6.92 Å². The summed E-state index contributed by atoms with van der Waals surface area (Å²) >= 11 is 0. The van der Waals surface area contributed by atoms with E-state index in [0.717, 1.165) is 23.8 Å². The van der Waals surface area contributed by atoms with Crippen molar-refractivity contribution in [2.45, 2.75) is 20.0 Å². The summed E-state index contributed by atoms with van der Waals surface area (Å²) in [6.45, 7) is 1.51. The van der Waals surface area contributed by atoms with E-state index in [1.165, 1.54) is 4.68 Å². The van der Waals surface area contributed by atoms with Crippen LogP contribution in [0.4, 0.5) is 19.0 Å². The van der Waals surface area contributed by atoms with Crippen molar-refractivity contribution in [2.75, 3.05) is 12.0 Å². The van der Waals surface area contributed by atoms with Gasteiger partial charge in [0.15, 0.2) is 0 Å². The van der Waals surface area contributed by atoms with E-state index >= 15 is 0 Å². The Bertz CT molecular complexity index is 572. The third-order valence-corrected chi connectivity index (χ3v) is 2.77. The second-order valence-corrected chi connectivity index (χ2v) is 4.18. The van der Waals surface area contributed by atoms with Gasteiger partial charge in [-0.3, -0.25) is 0 Å². The van der Waals surface area contributed by atoms with Gasteiger partial charge in [-0.1, -0.05) is 0 Å². The highest BCUT2D eigenvalue weighted by atomic mass is 35.5. The molecule has 1 N–H and O–H groups in total. The van der Waals surface area contributed by atoms with Crippen molar-refractivity contribution < 1.29 is 13.2 Å². The van der Waals surface area contributed by atoms with Crippen molar-refractivity contribution in [3.63, 3.8) is 0 Å². The van der Waals surface area contributed by atoms with Gasteiger partial charge in [0.05, 0.1) is 12.7 Å². The first-order valence-electron chi connectivity index (χ1n) is 5.88. The molecule has 0 spiro atoms. The molecular weight excluding hydrogens is 291 g/mol. The molecule has 0 saturated carbocycles. The van der Waals surface area contributed by atoms with E-state index in [0.29, 0.717) is 5.82 Å². The highest BCUT2D eigenvalue weighted by Gasteiger charge is 2.09. The van der Waals surface area contributed by atoms with Crippen LogP contribution in [0.3, 0.4) is 0 Å². The number of anilines is 1. The molecule has 2 aromatic rings. The quantitative estimate of drug-likeness (QED) is 0.916. The third kappa shape index (κ3) is 3.66. The van der Waals surface area contributed by atoms with E-state index in [1.54, 1.807) is 6.20 Å². The fraction of sp³-hybridized carbons (Fsp3) is 0.308. The standard InChI is InChI=1S/C13H14F3N3.ClH/c1-9-7-18-19(5-4-14)13(9)17-8-10-6-11(15)2-3-12(10)16;/h2-3,6-7,17H,4-5,8H2,1H3;1H. The summed E-state index contributed by atoms with van der Waals surface area (Å²) in [6, 6.07) is 3.28. The molecule has 0 saturated heterocycles. The van der Waals surface area contributed by atoms with E-state index in [9.17, 15) is 13.2 Å². The Morgan fingerprint density at radius 1 is 1.30 bits per heavy atom. The van der Waals surface area contributed by atoms with E-state index in [2.05, 4.69) is 10.4 Å². The van der Waals surface area contributed by atoms with Crippen molar-refractivity contribution in [3.8, 4) is 0 Å². The minimum Gasteiger partial charge on any atom is -0.366 e. The molecule has 0 aliphatic heterocycles. The van der Waals surface area contributed by atoms with Crippen molar-refractivity contribution in [2.24, 2.45) is 0 Å². The van der Waals surface area contributed by atoms with Crippen LogP contribution in [-0.2, 0) is 13.1 Å². The molecule has 0 unspecified atom stereocenters. The first-order chi connectivity index (χ1) is 9.11. The normalized spacial score (nSPS) is 10.2. The number of halogens is 4. The van der Waals surface area contributed by atoms with Crippen LogP contribution in [0.1, 0.15) is 11.1 Å². The molecule has 1 heterocycles. The first-order valence-corrected chi connectivity index (χ1v) is 5.88. The Morgan fingerprint density at radius 3 is 2.75 bits per heavy atom. The maximum atomic E-state index is 13.5. The molecule has 1 aromatic heterocycles. The summed E-state index contributed by atoms with van der Waals surface area (Å²) < 4.78 is 40.3. The van der Waals surface area contributed by atoms with Crippen molar-refractivity contribution in [1.82, 2.24) is 9.78 Å². The molecule has 0 atom stereocenters. The summed E-state index contributed by atoms with van der Waals surface area (Å²) in [5.74, 6) is -0.364. The third-order valence-electron chi connectivity index (χ3n) is 2.77. The molecule has 7 heteroatoms. The first kappa shape index (κ1) is 16.4. The molecular formula is C13H15ClF3N3. The van der Waals surface area contributed by atoms with Crippen molar-refractivity contribution in [1.29, 1.82) is 0 Å². The lowest BCUT2D eigenvalue weighted by Gasteiger charge is -2.10. The lowest BCUT2D eigenvalue weighted by Crippen LogP contribution is -2.10. The fourth-order valence-corrected chi connectivity index (χ4v) is 1.82. The lowest BCUT2D eigenvalue weighted by atomic mass is 10.2. The summed E-state index contributed by atoms with van der Waals surface area (Å²) in [6.07, 6.45) is 1.60. The molecule has 0 radical (unpaired) electrons. The summed E-state index contributed by atoms with van der Waals surface area (Å²) in [7, 11) is 0. The Hall–Kier alpha value is -1.69. The second kappa shape index (κ2) is 7.19. The average molecular weight is 306 g/mol. The topological polar surface area (TPSA) is 29.9 Å². The van der Waals surface area contributed by atoms with Crippen LogP contribution in [0.25, 0.3) is 0 Å². The van der Waals surface area contributed by atoms with Gasteiger partial charge in [-0.15, -0.1) is 12.4 Å². The van der Waals surface area contributed by atoms with Crippen LogP contribution in [-0.4, -0.2) is 16.5 Å². The molecule has 0 aliphatic carbocycles. The predicted molar refractivity (Wildman–Crippen MR) is 73.9 cm³/mol. The zero-order valence-electron chi connectivity index (χ0n) is 10.9. The van der Waals surface area contributed by atoms with Gasteiger partial charge in [0.1, 0.15) is 24.1 Å². The fourth-order valence-electron chi connectivity index (χ4n) is 1.82. The SMILES string of the molecule is Cc1cnn(CCF)c1NCc1cc(F)ccc1F.Cl. The number of aryl methyl sites for hydroxylation is 2. The maximum Gasteiger partial charge on any atom is 0.128 e. The Balaban J connectivity index is 0.00000200. The average Bonchev–Trinajstić information content (AvgIpc) is 2.72. The van der Waals surface area contributed by atoms with E-state index in [-0.39, 0.29) is 31.1 Å². The van der Waals surface area contributed by atoms with Gasteiger partial charge in [0.2, 0.25) is 0 Å². The minimum atomic E-state index is -0.538. The maximum absolute atomic E-state index is 13.5. The predicted octanol–water partition coefficient (Wildman–Crippen LogP) is 3.47. The van der Waals surface area contributed by atoms with Gasteiger partial charge >= 0.3 is 0 Å². The molecule has 3 nitrogen and oxygen atoms in total. The number of benzene rings is 1. The molecule has 0 fully saturated rings. The molecule has 110 valence electrons. The number of hydrogen-bond donors (Lipinski definition) is 1. The molecule has 0 bridgehead atoms. The summed E-state index contributed by atoms with van der Waals surface area (Å²) in [5, 5.41) is 6.96. The molecule has 1 aromatic carbocycles. The zero-order chi connectivity index (χ0) is 13.8. The highest BCUT2D eigenvalue weighted by molar-refractivity contribution is 5.85. The van der Waals surface area contributed by atoms with Gasteiger partial charge in [-0.2, -0.15) is 5.10 Å². The van der Waals surface area contributed by atoms with Gasteiger partial charge in [0.25, 0.3) is 0 Å². The van der Waals surface area contributed by atoms with Gasteiger partial charge < -0.3 is 5.32 Å². The summed E-state index contributed by atoms with van der Waals surface area (Å²) in [5.41, 5.74) is 1.04. The molecule has 0 aliphatic rings. The second-order valence-electron chi connectivity index (χ2n) is 4.18. The number of hydrogen-bond acceptors (Lipinski definition) is 2. The molecule has 20 heavy (non-hydrogen) atoms. The van der Waals surface area contributed by atoms with Crippen LogP contribution in [0.2, 0.25) is 0 Å². The largest absolute Gasteiger partial charge is 0.366 e. The number of nitrogens with zero attached hydrogens (tertiary/aromatic N) is 2. The Morgan fingerprint density at radius 2 is 2.05 bits per heavy atom. The lowest BCUT2D eigenvalue weighted by molar-refractivity contribution is 0.429. The number of nitrogens with one attached hydrogen (secondary N) is 1. The van der Waals surface area contributed by atoms with Gasteiger partial charge in [-0.25, -0.2) is 17.9 Å². The highest BCUT2D eigenvalue weighted by Crippen LogP contribution is 2.17. The Kier molecular flexibility index (Phi) is 5.88. The van der Waals surface area contributed by atoms with Crippen LogP contribution in [0, 0.1) is 18.6 Å². The van der Waals surface area contributed by atoms with Crippen molar-refractivity contribution in [3.05, 3.63) is 47.2 Å². The van der Waals surface area contributed by atoms with Crippen LogP contribution < -0.4 is 5.32 Å². The van der Waals surface area contributed by atoms with Crippen LogP contribution in [0.15, 0.2) is 24.4 Å². The Labute approximate surface area is 121 Å². The smallest absolute Gasteiger partial charge is 0.128 e. The monoisotopic (exact) mass is 305 g/mol. The molecule has 0 amide bonds. The van der Waals surface area contributed by atoms with E-state index in [4.69, 9.17) is 0 Å². The van der Waals surface area contributed by atoms with E-state index < -0.39 is 18.3 Å². The molecule has 2 rings (SSSR count). The zero-order valence-corrected chi connectivity index (χ0v) is 11.7. The number of aromatic nitrogens is 2. The minimum absolute atomic E-state index is 0. The number of rotatable bonds is 5. The van der Waals surface area contributed by atoms with Gasteiger partial charge in [-0.05, 0) is 25.1 Å². The van der Waals surface area contributed by atoms with Gasteiger partial charge in [0, 0.05) is 17.7 Å². The number of alkyl halides is 1.